The maximum atomic E-state index is 13.0. The standard InChI is InChI=1S/C13H17BrFNO/c1-3-9(4-2)8-16-13(17)11-7-10(15)5-6-12(11)14/h5-7,9H,3-4,8H2,1-2H3,(H,16,17). The van der Waals surface area contributed by atoms with Crippen LogP contribution in [0.2, 0.25) is 0 Å². The third kappa shape index (κ3) is 4.11. The maximum absolute atomic E-state index is 13.0. The molecule has 0 aliphatic rings. The van der Waals surface area contributed by atoms with Crippen molar-refractivity contribution in [1.29, 1.82) is 0 Å². The lowest BCUT2D eigenvalue weighted by Gasteiger charge is -2.13. The number of nitrogens with one attached hydrogen (secondary N) is 1. The summed E-state index contributed by atoms with van der Waals surface area (Å²) in [6, 6.07) is 4.11. The largest absolute Gasteiger partial charge is 0.352 e. The highest BCUT2D eigenvalue weighted by molar-refractivity contribution is 9.10. The highest BCUT2D eigenvalue weighted by Gasteiger charge is 2.12. The molecule has 0 aromatic heterocycles. The smallest absolute Gasteiger partial charge is 0.252 e. The summed E-state index contributed by atoms with van der Waals surface area (Å²) in [5.41, 5.74) is 0.343. The molecule has 4 heteroatoms. The van der Waals surface area contributed by atoms with Crippen LogP contribution in [0.5, 0.6) is 0 Å². The molecule has 1 rings (SSSR count). The Morgan fingerprint density at radius 1 is 1.41 bits per heavy atom. The van der Waals surface area contributed by atoms with Crippen LogP contribution >= 0.6 is 15.9 Å². The van der Waals surface area contributed by atoms with Gasteiger partial charge >= 0.3 is 0 Å². The van der Waals surface area contributed by atoms with Crippen molar-refractivity contribution in [3.8, 4) is 0 Å². The number of carbonyl (C=O) groups is 1. The Bertz CT molecular complexity index is 391. The van der Waals surface area contributed by atoms with E-state index in [1.165, 1.54) is 12.1 Å². The van der Waals surface area contributed by atoms with E-state index < -0.39 is 5.82 Å². The Hall–Kier alpha value is -0.900. The maximum Gasteiger partial charge on any atom is 0.252 e. The Morgan fingerprint density at radius 2 is 2.06 bits per heavy atom. The minimum absolute atomic E-state index is 0.233. The van der Waals surface area contributed by atoms with Gasteiger partial charge in [0.1, 0.15) is 5.82 Å². The van der Waals surface area contributed by atoms with E-state index in [0.29, 0.717) is 22.5 Å². The highest BCUT2D eigenvalue weighted by atomic mass is 79.9. The summed E-state index contributed by atoms with van der Waals surface area (Å²) in [5, 5.41) is 2.83. The number of rotatable bonds is 5. The van der Waals surface area contributed by atoms with E-state index >= 15 is 0 Å². The van der Waals surface area contributed by atoms with Crippen molar-refractivity contribution in [3.05, 3.63) is 34.1 Å². The summed E-state index contributed by atoms with van der Waals surface area (Å²) in [4.78, 5) is 11.8. The third-order valence-corrected chi connectivity index (χ3v) is 3.57. The Balaban J connectivity index is 2.66. The SMILES string of the molecule is CCC(CC)CNC(=O)c1cc(F)ccc1Br. The summed E-state index contributed by atoms with van der Waals surface area (Å²) in [6.07, 6.45) is 2.06. The number of amides is 1. The van der Waals surface area contributed by atoms with E-state index in [-0.39, 0.29) is 5.91 Å². The minimum Gasteiger partial charge on any atom is -0.352 e. The van der Waals surface area contributed by atoms with E-state index in [4.69, 9.17) is 0 Å². The van der Waals surface area contributed by atoms with Gasteiger partial charge in [-0.3, -0.25) is 4.79 Å². The number of benzene rings is 1. The predicted molar refractivity (Wildman–Crippen MR) is 70.5 cm³/mol. The molecule has 0 heterocycles. The van der Waals surface area contributed by atoms with E-state index in [1.807, 2.05) is 0 Å². The van der Waals surface area contributed by atoms with Crippen LogP contribution in [0.1, 0.15) is 37.0 Å². The zero-order valence-corrected chi connectivity index (χ0v) is 11.7. The molecule has 0 saturated carbocycles. The zero-order chi connectivity index (χ0) is 12.8. The fourth-order valence-electron chi connectivity index (χ4n) is 1.58. The van der Waals surface area contributed by atoms with Crippen LogP contribution in [0, 0.1) is 11.7 Å². The summed E-state index contributed by atoms with van der Waals surface area (Å²) in [5.74, 6) is -0.157. The number of carbonyl (C=O) groups excluding carboxylic acids is 1. The molecule has 17 heavy (non-hydrogen) atoms. The quantitative estimate of drug-likeness (QED) is 0.881. The number of hydrogen-bond acceptors (Lipinski definition) is 1. The first-order valence-electron chi connectivity index (χ1n) is 5.81. The lowest BCUT2D eigenvalue weighted by molar-refractivity contribution is 0.0945. The van der Waals surface area contributed by atoms with Gasteiger partial charge in [0.25, 0.3) is 5.91 Å². The normalized spacial score (nSPS) is 10.6. The van der Waals surface area contributed by atoms with E-state index in [0.717, 1.165) is 12.8 Å². The Labute approximate surface area is 110 Å². The van der Waals surface area contributed by atoms with Crippen molar-refractivity contribution in [2.45, 2.75) is 26.7 Å². The van der Waals surface area contributed by atoms with Crippen molar-refractivity contribution in [3.63, 3.8) is 0 Å². The van der Waals surface area contributed by atoms with Crippen molar-refractivity contribution in [2.24, 2.45) is 5.92 Å². The molecule has 0 bridgehead atoms. The summed E-state index contributed by atoms with van der Waals surface area (Å²) >= 11 is 3.24. The molecule has 0 unspecified atom stereocenters. The second kappa shape index (κ2) is 6.74. The van der Waals surface area contributed by atoms with Crippen LogP contribution in [0.15, 0.2) is 22.7 Å². The molecule has 0 spiro atoms. The summed E-state index contributed by atoms with van der Waals surface area (Å²) in [6.45, 7) is 4.83. The van der Waals surface area contributed by atoms with Gasteiger partial charge in [-0.25, -0.2) is 4.39 Å². The van der Waals surface area contributed by atoms with E-state index in [9.17, 15) is 9.18 Å². The third-order valence-electron chi connectivity index (χ3n) is 2.88. The highest BCUT2D eigenvalue weighted by Crippen LogP contribution is 2.17. The minimum atomic E-state index is -0.402. The average Bonchev–Trinajstić information content (AvgIpc) is 2.33. The second-order valence-electron chi connectivity index (χ2n) is 4.02. The molecule has 1 N–H and O–H groups in total. The molecule has 0 aliphatic carbocycles. The predicted octanol–water partition coefficient (Wildman–Crippen LogP) is 3.75. The van der Waals surface area contributed by atoms with Gasteiger partial charge in [0.15, 0.2) is 0 Å². The molecular weight excluding hydrogens is 285 g/mol. The summed E-state index contributed by atoms with van der Waals surface area (Å²) in [7, 11) is 0. The first kappa shape index (κ1) is 14.2. The fourth-order valence-corrected chi connectivity index (χ4v) is 2.01. The van der Waals surface area contributed by atoms with Gasteiger partial charge in [-0.05, 0) is 40.0 Å². The van der Waals surface area contributed by atoms with Gasteiger partial charge in [-0.2, -0.15) is 0 Å². The summed E-state index contributed by atoms with van der Waals surface area (Å²) < 4.78 is 13.6. The van der Waals surface area contributed by atoms with Crippen LogP contribution in [0.4, 0.5) is 4.39 Å². The van der Waals surface area contributed by atoms with Gasteiger partial charge in [0, 0.05) is 11.0 Å². The molecule has 2 nitrogen and oxygen atoms in total. The first-order valence-corrected chi connectivity index (χ1v) is 6.61. The molecule has 0 saturated heterocycles. The van der Waals surface area contributed by atoms with Crippen molar-refractivity contribution in [1.82, 2.24) is 5.32 Å². The van der Waals surface area contributed by atoms with Crippen LogP contribution in [-0.4, -0.2) is 12.5 Å². The average molecular weight is 302 g/mol. The van der Waals surface area contributed by atoms with Crippen LogP contribution in [-0.2, 0) is 0 Å². The Morgan fingerprint density at radius 3 is 2.65 bits per heavy atom. The van der Waals surface area contributed by atoms with Gasteiger partial charge in [-0.15, -0.1) is 0 Å². The van der Waals surface area contributed by atoms with Gasteiger partial charge in [-0.1, -0.05) is 26.7 Å². The molecular formula is C13H17BrFNO. The van der Waals surface area contributed by atoms with E-state index in [2.05, 4.69) is 35.1 Å². The first-order chi connectivity index (χ1) is 8.08. The monoisotopic (exact) mass is 301 g/mol. The van der Waals surface area contributed by atoms with Crippen LogP contribution < -0.4 is 5.32 Å². The molecule has 1 aromatic carbocycles. The number of halogens is 2. The van der Waals surface area contributed by atoms with Gasteiger partial charge in [0.05, 0.1) is 5.56 Å². The molecule has 94 valence electrons. The molecule has 0 radical (unpaired) electrons. The molecule has 0 atom stereocenters. The molecule has 1 amide bonds. The molecule has 0 aliphatic heterocycles. The fraction of sp³-hybridized carbons (Fsp3) is 0.462. The molecule has 0 fully saturated rings. The number of hydrogen-bond donors (Lipinski definition) is 1. The zero-order valence-electron chi connectivity index (χ0n) is 10.1. The topological polar surface area (TPSA) is 29.1 Å². The van der Waals surface area contributed by atoms with E-state index in [1.54, 1.807) is 6.07 Å². The van der Waals surface area contributed by atoms with Crippen LogP contribution in [0.3, 0.4) is 0 Å². The van der Waals surface area contributed by atoms with Crippen molar-refractivity contribution < 1.29 is 9.18 Å². The van der Waals surface area contributed by atoms with Gasteiger partial charge in [0.2, 0.25) is 0 Å². The molecule has 1 aromatic rings. The van der Waals surface area contributed by atoms with Crippen molar-refractivity contribution in [2.75, 3.05) is 6.54 Å². The lowest BCUT2D eigenvalue weighted by Crippen LogP contribution is -2.29. The second-order valence-corrected chi connectivity index (χ2v) is 4.87. The van der Waals surface area contributed by atoms with Crippen LogP contribution in [0.25, 0.3) is 0 Å². The Kier molecular flexibility index (Phi) is 5.62. The van der Waals surface area contributed by atoms with Crippen molar-refractivity contribution >= 4 is 21.8 Å². The lowest BCUT2D eigenvalue weighted by atomic mass is 10.0. The van der Waals surface area contributed by atoms with Gasteiger partial charge < -0.3 is 5.32 Å².